The van der Waals surface area contributed by atoms with E-state index in [1.807, 2.05) is 37.3 Å². The van der Waals surface area contributed by atoms with E-state index in [0.29, 0.717) is 5.56 Å². The average molecular weight is 412 g/mol. The second-order valence-electron chi connectivity index (χ2n) is 6.69. The van der Waals surface area contributed by atoms with Crippen LogP contribution in [-0.4, -0.2) is 14.3 Å². The number of nitrogens with one attached hydrogen (secondary N) is 2. The number of hydrogen-bond donors (Lipinski definition) is 2. The molecule has 0 fully saturated rings. The van der Waals surface area contributed by atoms with Crippen LogP contribution in [0.2, 0.25) is 0 Å². The molecule has 0 heterocycles. The number of benzene rings is 3. The van der Waals surface area contributed by atoms with Crippen molar-refractivity contribution in [2.75, 3.05) is 4.72 Å². The van der Waals surface area contributed by atoms with Crippen LogP contribution < -0.4 is 10.0 Å². The van der Waals surface area contributed by atoms with Gasteiger partial charge in [0.25, 0.3) is 15.9 Å². The van der Waals surface area contributed by atoms with Crippen molar-refractivity contribution in [3.63, 3.8) is 0 Å². The van der Waals surface area contributed by atoms with E-state index in [-0.39, 0.29) is 28.1 Å². The molecule has 0 spiro atoms. The average Bonchev–Trinajstić information content (AvgIpc) is 2.70. The second-order valence-corrected chi connectivity index (χ2v) is 8.38. The fourth-order valence-electron chi connectivity index (χ4n) is 2.84. The van der Waals surface area contributed by atoms with Crippen LogP contribution >= 0.6 is 0 Å². The lowest BCUT2D eigenvalue weighted by molar-refractivity contribution is 0.0939. The highest BCUT2D eigenvalue weighted by atomic mass is 32.2. The first-order chi connectivity index (χ1) is 13.8. The number of sulfonamides is 1. The monoisotopic (exact) mass is 412 g/mol. The SMILES string of the molecule is Cc1ccc(S(=O)(=O)Nc2ccc(F)cc2)cc1C(=O)NC(C)c1ccccc1. The minimum Gasteiger partial charge on any atom is -0.346 e. The Bertz CT molecular complexity index is 1110. The largest absolute Gasteiger partial charge is 0.346 e. The number of rotatable bonds is 6. The predicted molar refractivity (Wildman–Crippen MR) is 111 cm³/mol. The molecule has 0 saturated carbocycles. The van der Waals surface area contributed by atoms with Gasteiger partial charge in [0.2, 0.25) is 0 Å². The van der Waals surface area contributed by atoms with Crippen LogP contribution in [0.25, 0.3) is 0 Å². The molecule has 5 nitrogen and oxygen atoms in total. The summed E-state index contributed by atoms with van der Waals surface area (Å²) in [7, 11) is -3.93. The Morgan fingerprint density at radius 3 is 2.28 bits per heavy atom. The minimum atomic E-state index is -3.93. The molecule has 1 unspecified atom stereocenters. The maximum absolute atomic E-state index is 13.0. The van der Waals surface area contributed by atoms with Gasteiger partial charge in [0, 0.05) is 11.3 Å². The molecule has 150 valence electrons. The first-order valence-electron chi connectivity index (χ1n) is 9.01. The van der Waals surface area contributed by atoms with Crippen LogP contribution in [0.15, 0.2) is 77.7 Å². The zero-order valence-corrected chi connectivity index (χ0v) is 16.8. The van der Waals surface area contributed by atoms with Crippen molar-refractivity contribution in [3.8, 4) is 0 Å². The van der Waals surface area contributed by atoms with E-state index in [9.17, 15) is 17.6 Å². The number of carbonyl (C=O) groups is 1. The smallest absolute Gasteiger partial charge is 0.261 e. The Kier molecular flexibility index (Phi) is 5.98. The molecule has 0 aromatic heterocycles. The number of halogens is 1. The van der Waals surface area contributed by atoms with Crippen molar-refractivity contribution >= 4 is 21.6 Å². The lowest BCUT2D eigenvalue weighted by Gasteiger charge is -2.16. The molecule has 2 N–H and O–H groups in total. The molecule has 3 aromatic carbocycles. The van der Waals surface area contributed by atoms with Gasteiger partial charge in [-0.3, -0.25) is 9.52 Å². The topological polar surface area (TPSA) is 75.3 Å². The Hall–Kier alpha value is -3.19. The van der Waals surface area contributed by atoms with Crippen molar-refractivity contribution in [1.29, 1.82) is 0 Å². The van der Waals surface area contributed by atoms with E-state index in [1.54, 1.807) is 13.0 Å². The van der Waals surface area contributed by atoms with Gasteiger partial charge in [-0.1, -0.05) is 36.4 Å². The molecule has 3 rings (SSSR count). The van der Waals surface area contributed by atoms with Gasteiger partial charge in [-0.2, -0.15) is 0 Å². The summed E-state index contributed by atoms with van der Waals surface area (Å²) in [5.74, 6) is -0.826. The Morgan fingerprint density at radius 1 is 0.966 bits per heavy atom. The van der Waals surface area contributed by atoms with Gasteiger partial charge >= 0.3 is 0 Å². The highest BCUT2D eigenvalue weighted by Crippen LogP contribution is 2.21. The number of anilines is 1. The lowest BCUT2D eigenvalue weighted by atomic mass is 10.1. The summed E-state index contributed by atoms with van der Waals surface area (Å²) >= 11 is 0. The normalized spacial score (nSPS) is 12.2. The van der Waals surface area contributed by atoms with Crippen LogP contribution in [0, 0.1) is 12.7 Å². The van der Waals surface area contributed by atoms with Crippen LogP contribution in [-0.2, 0) is 10.0 Å². The van der Waals surface area contributed by atoms with E-state index in [0.717, 1.165) is 17.7 Å². The lowest BCUT2D eigenvalue weighted by Crippen LogP contribution is -2.27. The zero-order valence-electron chi connectivity index (χ0n) is 16.0. The van der Waals surface area contributed by atoms with Crippen molar-refractivity contribution in [1.82, 2.24) is 5.32 Å². The summed E-state index contributed by atoms with van der Waals surface area (Å²) < 4.78 is 40.8. The molecule has 3 aromatic rings. The van der Waals surface area contributed by atoms with Crippen molar-refractivity contribution in [2.24, 2.45) is 0 Å². The molecular formula is C22H21FN2O3S. The van der Waals surface area contributed by atoms with E-state index < -0.39 is 15.8 Å². The molecule has 0 bridgehead atoms. The van der Waals surface area contributed by atoms with Gasteiger partial charge < -0.3 is 5.32 Å². The summed E-state index contributed by atoms with van der Waals surface area (Å²) in [6, 6.07) is 18.6. The van der Waals surface area contributed by atoms with Gasteiger partial charge in [0.05, 0.1) is 10.9 Å². The number of aryl methyl sites for hydroxylation is 1. The Labute approximate surface area is 169 Å². The Morgan fingerprint density at radius 2 is 1.62 bits per heavy atom. The molecule has 0 saturated heterocycles. The first kappa shape index (κ1) is 20.5. The number of hydrogen-bond acceptors (Lipinski definition) is 3. The summed E-state index contributed by atoms with van der Waals surface area (Å²) in [4.78, 5) is 12.7. The second kappa shape index (κ2) is 8.45. The van der Waals surface area contributed by atoms with Gasteiger partial charge in [0.15, 0.2) is 0 Å². The minimum absolute atomic E-state index is 0.0510. The fraction of sp³-hybridized carbons (Fsp3) is 0.136. The summed E-state index contributed by atoms with van der Waals surface area (Å²) in [6.45, 7) is 3.60. The van der Waals surface area contributed by atoms with Gasteiger partial charge in [-0.05, 0) is 61.4 Å². The van der Waals surface area contributed by atoms with Gasteiger partial charge in [-0.15, -0.1) is 0 Å². The third-order valence-electron chi connectivity index (χ3n) is 4.51. The van der Waals surface area contributed by atoms with E-state index >= 15 is 0 Å². The van der Waals surface area contributed by atoms with Crippen LogP contribution in [0.5, 0.6) is 0 Å². The Balaban J connectivity index is 1.83. The molecule has 1 atom stereocenters. The summed E-state index contributed by atoms with van der Waals surface area (Å²) in [5, 5.41) is 2.89. The molecule has 0 radical (unpaired) electrons. The maximum atomic E-state index is 13.0. The standard InChI is InChI=1S/C22H21FN2O3S/c1-15-8-13-20(29(27,28)25-19-11-9-18(23)10-12-19)14-21(15)22(26)24-16(2)17-6-4-3-5-7-17/h3-14,16,25H,1-2H3,(H,24,26). The third-order valence-corrected chi connectivity index (χ3v) is 5.89. The zero-order chi connectivity index (χ0) is 21.0. The van der Waals surface area contributed by atoms with Crippen LogP contribution in [0.3, 0.4) is 0 Å². The van der Waals surface area contributed by atoms with Crippen molar-refractivity contribution < 1.29 is 17.6 Å². The molecule has 0 aliphatic carbocycles. The molecule has 1 amide bonds. The quantitative estimate of drug-likeness (QED) is 0.629. The van der Waals surface area contributed by atoms with Gasteiger partial charge in [0.1, 0.15) is 5.82 Å². The molecule has 7 heteroatoms. The highest BCUT2D eigenvalue weighted by molar-refractivity contribution is 7.92. The first-order valence-corrected chi connectivity index (χ1v) is 10.5. The van der Waals surface area contributed by atoms with E-state index in [1.165, 1.54) is 24.3 Å². The van der Waals surface area contributed by atoms with Crippen molar-refractivity contribution in [2.45, 2.75) is 24.8 Å². The summed E-state index contributed by atoms with van der Waals surface area (Å²) in [5.41, 5.74) is 2.11. The van der Waals surface area contributed by atoms with Crippen LogP contribution in [0.4, 0.5) is 10.1 Å². The number of amides is 1. The third kappa shape index (κ3) is 5.00. The van der Waals surface area contributed by atoms with Crippen LogP contribution in [0.1, 0.15) is 34.5 Å². The van der Waals surface area contributed by atoms with Crippen molar-refractivity contribution in [3.05, 3.63) is 95.3 Å². The molecular weight excluding hydrogens is 391 g/mol. The number of carbonyl (C=O) groups excluding carboxylic acids is 1. The highest BCUT2D eigenvalue weighted by Gasteiger charge is 2.19. The maximum Gasteiger partial charge on any atom is 0.261 e. The van der Waals surface area contributed by atoms with E-state index in [4.69, 9.17) is 0 Å². The van der Waals surface area contributed by atoms with Gasteiger partial charge in [-0.25, -0.2) is 12.8 Å². The fourth-order valence-corrected chi connectivity index (χ4v) is 3.93. The molecule has 0 aliphatic heterocycles. The van der Waals surface area contributed by atoms with E-state index in [2.05, 4.69) is 10.0 Å². The predicted octanol–water partition coefficient (Wildman–Crippen LogP) is 4.43. The summed E-state index contributed by atoms with van der Waals surface area (Å²) in [6.07, 6.45) is 0. The molecule has 29 heavy (non-hydrogen) atoms. The molecule has 0 aliphatic rings.